The van der Waals surface area contributed by atoms with E-state index in [-0.39, 0.29) is 5.91 Å². The van der Waals surface area contributed by atoms with Crippen LogP contribution in [0.5, 0.6) is 0 Å². The van der Waals surface area contributed by atoms with E-state index in [4.69, 9.17) is 4.98 Å². The van der Waals surface area contributed by atoms with Crippen molar-refractivity contribution >= 4 is 29.0 Å². The van der Waals surface area contributed by atoms with Crippen LogP contribution in [0.15, 0.2) is 5.38 Å². The third-order valence-electron chi connectivity index (χ3n) is 4.38. The van der Waals surface area contributed by atoms with Gasteiger partial charge in [-0.1, -0.05) is 6.92 Å². The minimum Gasteiger partial charge on any atom is -0.362 e. The number of anilines is 2. The van der Waals surface area contributed by atoms with Gasteiger partial charge in [0.25, 0.3) is 5.91 Å². The molecule has 1 amide bonds. The highest BCUT2D eigenvalue weighted by Gasteiger charge is 2.28. The molecule has 0 unspecified atom stereocenters. The number of aromatic nitrogens is 3. The zero-order valence-electron chi connectivity index (χ0n) is 16.1. The van der Waals surface area contributed by atoms with E-state index >= 15 is 0 Å². The van der Waals surface area contributed by atoms with Crippen LogP contribution in [0, 0.1) is 0 Å². The van der Waals surface area contributed by atoms with Gasteiger partial charge in [0, 0.05) is 45.7 Å². The Morgan fingerprint density at radius 1 is 1.19 bits per heavy atom. The number of amides is 1. The number of aryl methyl sites for hydroxylation is 1. The molecule has 0 bridgehead atoms. The molecule has 3 rings (SSSR count). The van der Waals surface area contributed by atoms with Crippen LogP contribution >= 0.6 is 11.3 Å². The molecule has 0 atom stereocenters. The minimum atomic E-state index is -0.00864. The molecule has 2 aromatic rings. The molecule has 7 nitrogen and oxygen atoms in total. The molecule has 0 N–H and O–H groups in total. The second-order valence-electron chi connectivity index (χ2n) is 6.91. The third kappa shape index (κ3) is 3.65. The number of hydrogen-bond donors (Lipinski definition) is 0. The Balaban J connectivity index is 1.87. The summed E-state index contributed by atoms with van der Waals surface area (Å²) < 4.78 is 0. The van der Waals surface area contributed by atoms with E-state index in [2.05, 4.69) is 16.9 Å². The second-order valence-corrected chi connectivity index (χ2v) is 7.86. The summed E-state index contributed by atoms with van der Waals surface area (Å²) in [5.41, 5.74) is 2.61. The van der Waals surface area contributed by atoms with Gasteiger partial charge in [-0.3, -0.25) is 4.79 Å². The SMILES string of the molecule is CCCc1nc(C(=O)N2CCc3c(nc(N(C)C)nc3N(C)C)C2)cs1. The van der Waals surface area contributed by atoms with Crippen molar-refractivity contribution in [1.29, 1.82) is 0 Å². The molecule has 0 aromatic carbocycles. The molecule has 26 heavy (non-hydrogen) atoms. The standard InChI is InChI=1S/C18H26N6OS/c1-6-7-15-19-14(11-26-15)17(25)24-9-8-12-13(10-24)20-18(23(4)5)21-16(12)22(2)3/h11H,6-10H2,1-5H3. The fourth-order valence-corrected chi connectivity index (χ4v) is 3.92. The van der Waals surface area contributed by atoms with E-state index in [0.717, 1.165) is 41.3 Å². The van der Waals surface area contributed by atoms with Crippen molar-refractivity contribution in [2.75, 3.05) is 44.5 Å². The summed E-state index contributed by atoms with van der Waals surface area (Å²) in [4.78, 5) is 32.5. The predicted octanol–water partition coefficient (Wildman–Crippen LogP) is 2.22. The molecule has 0 saturated heterocycles. The fourth-order valence-electron chi connectivity index (χ4n) is 3.04. The van der Waals surface area contributed by atoms with Gasteiger partial charge in [-0.2, -0.15) is 4.98 Å². The van der Waals surface area contributed by atoms with Gasteiger partial charge in [0.2, 0.25) is 5.95 Å². The Labute approximate surface area is 158 Å². The Morgan fingerprint density at radius 2 is 1.96 bits per heavy atom. The highest BCUT2D eigenvalue weighted by atomic mass is 32.1. The maximum Gasteiger partial charge on any atom is 0.273 e. The van der Waals surface area contributed by atoms with Gasteiger partial charge in [-0.05, 0) is 19.3 Å². The first-order valence-corrected chi connectivity index (χ1v) is 9.76. The first kappa shape index (κ1) is 18.6. The van der Waals surface area contributed by atoms with Crippen molar-refractivity contribution in [3.8, 4) is 0 Å². The van der Waals surface area contributed by atoms with Crippen molar-refractivity contribution < 1.29 is 4.79 Å². The molecule has 1 aliphatic heterocycles. The van der Waals surface area contributed by atoms with Crippen LogP contribution < -0.4 is 9.80 Å². The summed E-state index contributed by atoms with van der Waals surface area (Å²) in [7, 11) is 7.84. The number of carbonyl (C=O) groups excluding carboxylic acids is 1. The van der Waals surface area contributed by atoms with Crippen molar-refractivity contribution in [1.82, 2.24) is 19.9 Å². The molecule has 0 fully saturated rings. The van der Waals surface area contributed by atoms with Gasteiger partial charge in [-0.25, -0.2) is 9.97 Å². The van der Waals surface area contributed by atoms with E-state index in [1.54, 1.807) is 11.3 Å². The van der Waals surface area contributed by atoms with Gasteiger partial charge < -0.3 is 14.7 Å². The van der Waals surface area contributed by atoms with Crippen LogP contribution in [0.25, 0.3) is 0 Å². The third-order valence-corrected chi connectivity index (χ3v) is 5.29. The number of hydrogen-bond acceptors (Lipinski definition) is 7. The highest BCUT2D eigenvalue weighted by molar-refractivity contribution is 7.09. The number of fused-ring (bicyclic) bond motifs is 1. The topological polar surface area (TPSA) is 65.5 Å². The van der Waals surface area contributed by atoms with Gasteiger partial charge in [0.05, 0.1) is 17.2 Å². The maximum absolute atomic E-state index is 12.9. The highest BCUT2D eigenvalue weighted by Crippen LogP contribution is 2.28. The number of nitrogens with zero attached hydrogens (tertiary/aromatic N) is 6. The summed E-state index contributed by atoms with van der Waals surface area (Å²) in [6.45, 7) is 3.28. The summed E-state index contributed by atoms with van der Waals surface area (Å²) in [5.74, 6) is 1.59. The summed E-state index contributed by atoms with van der Waals surface area (Å²) in [6, 6.07) is 0. The van der Waals surface area contributed by atoms with Crippen molar-refractivity contribution in [3.63, 3.8) is 0 Å². The molecule has 0 radical (unpaired) electrons. The number of carbonyl (C=O) groups is 1. The normalized spacial score (nSPS) is 13.5. The zero-order chi connectivity index (χ0) is 18.8. The molecular weight excluding hydrogens is 348 g/mol. The lowest BCUT2D eigenvalue weighted by Crippen LogP contribution is -2.38. The molecule has 1 aliphatic rings. The molecule has 8 heteroatoms. The average molecular weight is 375 g/mol. The van der Waals surface area contributed by atoms with E-state index in [1.807, 2.05) is 48.3 Å². The van der Waals surface area contributed by atoms with Gasteiger partial charge in [0.15, 0.2) is 0 Å². The minimum absolute atomic E-state index is 0.00864. The van der Waals surface area contributed by atoms with Crippen molar-refractivity contribution in [2.24, 2.45) is 0 Å². The van der Waals surface area contributed by atoms with Crippen molar-refractivity contribution in [2.45, 2.75) is 32.7 Å². The Kier molecular flexibility index (Phi) is 5.41. The van der Waals surface area contributed by atoms with Crippen LogP contribution in [-0.2, 0) is 19.4 Å². The number of thiazole rings is 1. The quantitative estimate of drug-likeness (QED) is 0.800. The van der Waals surface area contributed by atoms with Crippen LogP contribution in [0.3, 0.4) is 0 Å². The van der Waals surface area contributed by atoms with E-state index in [1.165, 1.54) is 0 Å². The second kappa shape index (κ2) is 7.57. The predicted molar refractivity (Wildman–Crippen MR) is 105 cm³/mol. The largest absolute Gasteiger partial charge is 0.362 e. The first-order valence-electron chi connectivity index (χ1n) is 8.88. The molecular formula is C18H26N6OS. The fraction of sp³-hybridized carbons (Fsp3) is 0.556. The van der Waals surface area contributed by atoms with Crippen LogP contribution in [0.2, 0.25) is 0 Å². The molecule has 3 heterocycles. The van der Waals surface area contributed by atoms with Gasteiger partial charge >= 0.3 is 0 Å². The van der Waals surface area contributed by atoms with E-state index < -0.39 is 0 Å². The monoisotopic (exact) mass is 374 g/mol. The molecule has 0 aliphatic carbocycles. The summed E-state index contributed by atoms with van der Waals surface area (Å²) in [6.07, 6.45) is 2.72. The lowest BCUT2D eigenvalue weighted by molar-refractivity contribution is 0.0726. The summed E-state index contributed by atoms with van der Waals surface area (Å²) in [5, 5.41) is 2.90. The Morgan fingerprint density at radius 3 is 2.62 bits per heavy atom. The number of rotatable bonds is 5. The van der Waals surface area contributed by atoms with Crippen LogP contribution in [0.4, 0.5) is 11.8 Å². The Bertz CT molecular complexity index is 801. The van der Waals surface area contributed by atoms with Crippen molar-refractivity contribution in [3.05, 3.63) is 27.3 Å². The molecule has 0 spiro atoms. The summed E-state index contributed by atoms with van der Waals surface area (Å²) >= 11 is 1.57. The molecule has 140 valence electrons. The van der Waals surface area contributed by atoms with Gasteiger partial charge in [0.1, 0.15) is 11.5 Å². The zero-order valence-corrected chi connectivity index (χ0v) is 16.9. The van der Waals surface area contributed by atoms with Crippen LogP contribution in [0.1, 0.15) is 40.1 Å². The van der Waals surface area contributed by atoms with Gasteiger partial charge in [-0.15, -0.1) is 11.3 Å². The lowest BCUT2D eigenvalue weighted by atomic mass is 10.0. The van der Waals surface area contributed by atoms with E-state index in [9.17, 15) is 4.79 Å². The molecule has 2 aromatic heterocycles. The Hall–Kier alpha value is -2.22. The van der Waals surface area contributed by atoms with Crippen LogP contribution in [-0.4, -0.2) is 60.5 Å². The smallest absolute Gasteiger partial charge is 0.273 e. The first-order chi connectivity index (χ1) is 12.4. The maximum atomic E-state index is 12.9. The van der Waals surface area contributed by atoms with E-state index in [0.29, 0.717) is 24.7 Å². The lowest BCUT2D eigenvalue weighted by Gasteiger charge is -2.30. The average Bonchev–Trinajstić information content (AvgIpc) is 3.08. The molecule has 0 saturated carbocycles.